The minimum atomic E-state index is -0.0637. The molecule has 2 aromatic rings. The van der Waals surface area contributed by atoms with E-state index in [-0.39, 0.29) is 11.8 Å². The molecule has 0 atom stereocenters. The molecule has 1 aliphatic heterocycles. The average Bonchev–Trinajstić information content (AvgIpc) is 2.97. The van der Waals surface area contributed by atoms with E-state index in [1.165, 1.54) is 12.8 Å². The summed E-state index contributed by atoms with van der Waals surface area (Å²) in [6.07, 6.45) is 5.54. The highest BCUT2D eigenvalue weighted by Gasteiger charge is 2.17. The summed E-state index contributed by atoms with van der Waals surface area (Å²) in [6, 6.07) is 14.8. The maximum absolute atomic E-state index is 12.7. The number of hydrogen-bond donors (Lipinski definition) is 2. The summed E-state index contributed by atoms with van der Waals surface area (Å²) in [7, 11) is 0. The molecule has 2 aromatic carbocycles. The first-order chi connectivity index (χ1) is 13.1. The number of carbonyl (C=O) groups excluding carboxylic acids is 2. The van der Waals surface area contributed by atoms with Gasteiger partial charge in [0.1, 0.15) is 0 Å². The van der Waals surface area contributed by atoms with Gasteiger partial charge in [-0.15, -0.1) is 0 Å². The number of aryl methyl sites for hydroxylation is 1. The zero-order valence-corrected chi connectivity index (χ0v) is 15.6. The molecule has 0 radical (unpaired) electrons. The van der Waals surface area contributed by atoms with Crippen molar-refractivity contribution in [3.8, 4) is 0 Å². The van der Waals surface area contributed by atoms with Crippen LogP contribution in [-0.2, 0) is 11.2 Å². The molecule has 3 rings (SSSR count). The number of carbonyl (C=O) groups is 2. The molecule has 5 nitrogen and oxygen atoms in total. The van der Waals surface area contributed by atoms with E-state index in [0.717, 1.165) is 31.5 Å². The average molecular weight is 365 g/mol. The molecule has 1 aliphatic rings. The monoisotopic (exact) mass is 365 g/mol. The molecule has 27 heavy (non-hydrogen) atoms. The van der Waals surface area contributed by atoms with Crippen LogP contribution < -0.4 is 11.1 Å². The zero-order valence-electron chi connectivity index (χ0n) is 15.6. The van der Waals surface area contributed by atoms with Gasteiger partial charge in [0.25, 0.3) is 5.91 Å². The molecule has 0 unspecified atom stereocenters. The summed E-state index contributed by atoms with van der Waals surface area (Å²) in [6.45, 7) is 1.63. The molecule has 0 bridgehead atoms. The molecule has 1 heterocycles. The van der Waals surface area contributed by atoms with Gasteiger partial charge in [0, 0.05) is 36.4 Å². The number of rotatable bonds is 5. The first kappa shape index (κ1) is 19.0. The Morgan fingerprint density at radius 2 is 1.67 bits per heavy atom. The predicted molar refractivity (Wildman–Crippen MR) is 109 cm³/mol. The van der Waals surface area contributed by atoms with Crippen molar-refractivity contribution in [1.29, 1.82) is 0 Å². The second-order valence-electron chi connectivity index (χ2n) is 7.08. The number of nitrogens with one attached hydrogen (secondary N) is 1. The fraction of sp³-hybridized carbons (Fsp3) is 0.364. The molecule has 3 N–H and O–H groups in total. The van der Waals surface area contributed by atoms with Crippen LogP contribution in [0.5, 0.6) is 0 Å². The third kappa shape index (κ3) is 5.58. The summed E-state index contributed by atoms with van der Waals surface area (Å²) < 4.78 is 0. The fourth-order valence-electron chi connectivity index (χ4n) is 3.35. The van der Waals surface area contributed by atoms with Crippen molar-refractivity contribution in [1.82, 2.24) is 4.90 Å². The van der Waals surface area contributed by atoms with Gasteiger partial charge in [0.05, 0.1) is 0 Å². The standard InChI is InChI=1S/C22H27N3O2/c23-19-11-8-17(9-12-19)10-13-21(26)24-20-7-5-6-18(16-20)22(27)25-14-3-1-2-4-15-25/h5-9,11-12,16H,1-4,10,13-15,23H2,(H,24,26). The molecular formula is C22H27N3O2. The van der Waals surface area contributed by atoms with Gasteiger partial charge in [-0.1, -0.05) is 31.0 Å². The first-order valence-corrected chi connectivity index (χ1v) is 9.65. The van der Waals surface area contributed by atoms with Gasteiger partial charge in [0.15, 0.2) is 0 Å². The summed E-state index contributed by atoms with van der Waals surface area (Å²) >= 11 is 0. The van der Waals surface area contributed by atoms with Gasteiger partial charge < -0.3 is 16.0 Å². The molecular weight excluding hydrogens is 338 g/mol. The van der Waals surface area contributed by atoms with Gasteiger partial charge in [-0.3, -0.25) is 9.59 Å². The zero-order chi connectivity index (χ0) is 19.1. The Hall–Kier alpha value is -2.82. The minimum absolute atomic E-state index is 0.0508. The Bertz CT molecular complexity index is 778. The Balaban J connectivity index is 1.57. The van der Waals surface area contributed by atoms with Crippen molar-refractivity contribution in [2.45, 2.75) is 38.5 Å². The molecule has 2 amide bonds. The molecule has 0 aromatic heterocycles. The van der Waals surface area contributed by atoms with Gasteiger partial charge in [-0.05, 0) is 55.2 Å². The predicted octanol–water partition coefficient (Wildman–Crippen LogP) is 3.86. The van der Waals surface area contributed by atoms with Crippen LogP contribution in [0.3, 0.4) is 0 Å². The Labute approximate surface area is 160 Å². The second-order valence-corrected chi connectivity index (χ2v) is 7.08. The molecule has 1 fully saturated rings. The maximum atomic E-state index is 12.7. The quantitative estimate of drug-likeness (QED) is 0.790. The van der Waals surface area contributed by atoms with E-state index in [2.05, 4.69) is 5.32 Å². The number of likely N-dealkylation sites (tertiary alicyclic amines) is 1. The van der Waals surface area contributed by atoms with Crippen LogP contribution in [0.2, 0.25) is 0 Å². The Morgan fingerprint density at radius 1 is 0.963 bits per heavy atom. The van der Waals surface area contributed by atoms with Crippen molar-refractivity contribution in [3.05, 3.63) is 59.7 Å². The SMILES string of the molecule is Nc1ccc(CCC(=O)Nc2cccc(C(=O)N3CCCCCC3)c2)cc1. The number of nitrogens with zero attached hydrogens (tertiary/aromatic N) is 1. The van der Waals surface area contributed by atoms with Gasteiger partial charge in [-0.2, -0.15) is 0 Å². The fourth-order valence-corrected chi connectivity index (χ4v) is 3.35. The van der Waals surface area contributed by atoms with E-state index in [1.807, 2.05) is 47.4 Å². The van der Waals surface area contributed by atoms with Crippen molar-refractivity contribution >= 4 is 23.2 Å². The Morgan fingerprint density at radius 3 is 2.37 bits per heavy atom. The highest BCUT2D eigenvalue weighted by atomic mass is 16.2. The topological polar surface area (TPSA) is 75.4 Å². The lowest BCUT2D eigenvalue weighted by Gasteiger charge is -2.20. The van der Waals surface area contributed by atoms with Crippen LogP contribution in [0.4, 0.5) is 11.4 Å². The lowest BCUT2D eigenvalue weighted by atomic mass is 10.1. The summed E-state index contributed by atoms with van der Waals surface area (Å²) in [5.41, 5.74) is 8.76. The summed E-state index contributed by atoms with van der Waals surface area (Å²) in [5.74, 6) is -0.0129. The summed E-state index contributed by atoms with van der Waals surface area (Å²) in [5, 5.41) is 2.90. The van der Waals surface area contributed by atoms with Crippen molar-refractivity contribution in [3.63, 3.8) is 0 Å². The van der Waals surface area contributed by atoms with Crippen LogP contribution >= 0.6 is 0 Å². The number of amides is 2. The highest BCUT2D eigenvalue weighted by molar-refractivity contribution is 5.97. The number of benzene rings is 2. The van der Waals surface area contributed by atoms with Gasteiger partial charge >= 0.3 is 0 Å². The number of anilines is 2. The summed E-state index contributed by atoms with van der Waals surface area (Å²) in [4.78, 5) is 26.9. The maximum Gasteiger partial charge on any atom is 0.253 e. The van der Waals surface area contributed by atoms with E-state index >= 15 is 0 Å². The molecule has 0 saturated carbocycles. The number of nitrogen functional groups attached to an aromatic ring is 1. The normalized spacial score (nSPS) is 14.4. The van der Waals surface area contributed by atoms with Crippen LogP contribution in [0, 0.1) is 0 Å². The van der Waals surface area contributed by atoms with E-state index < -0.39 is 0 Å². The van der Waals surface area contributed by atoms with Crippen molar-refractivity contribution < 1.29 is 9.59 Å². The lowest BCUT2D eigenvalue weighted by Crippen LogP contribution is -2.31. The molecule has 142 valence electrons. The van der Waals surface area contributed by atoms with Crippen LogP contribution in [0.25, 0.3) is 0 Å². The highest BCUT2D eigenvalue weighted by Crippen LogP contribution is 2.17. The minimum Gasteiger partial charge on any atom is -0.399 e. The van der Waals surface area contributed by atoms with Crippen molar-refractivity contribution in [2.24, 2.45) is 0 Å². The third-order valence-electron chi connectivity index (χ3n) is 4.91. The Kier molecular flexibility index (Phi) is 6.47. The first-order valence-electron chi connectivity index (χ1n) is 9.65. The van der Waals surface area contributed by atoms with Crippen LogP contribution in [0.15, 0.2) is 48.5 Å². The number of hydrogen-bond acceptors (Lipinski definition) is 3. The largest absolute Gasteiger partial charge is 0.399 e. The van der Waals surface area contributed by atoms with E-state index in [0.29, 0.717) is 29.8 Å². The van der Waals surface area contributed by atoms with Gasteiger partial charge in [-0.25, -0.2) is 0 Å². The van der Waals surface area contributed by atoms with E-state index in [1.54, 1.807) is 6.07 Å². The van der Waals surface area contributed by atoms with E-state index in [9.17, 15) is 9.59 Å². The lowest BCUT2D eigenvalue weighted by molar-refractivity contribution is -0.116. The van der Waals surface area contributed by atoms with Crippen LogP contribution in [-0.4, -0.2) is 29.8 Å². The van der Waals surface area contributed by atoms with Crippen LogP contribution in [0.1, 0.15) is 48.0 Å². The molecule has 0 spiro atoms. The van der Waals surface area contributed by atoms with Gasteiger partial charge in [0.2, 0.25) is 5.91 Å². The smallest absolute Gasteiger partial charge is 0.253 e. The molecule has 0 aliphatic carbocycles. The second kappa shape index (κ2) is 9.21. The van der Waals surface area contributed by atoms with E-state index in [4.69, 9.17) is 5.73 Å². The molecule has 5 heteroatoms. The van der Waals surface area contributed by atoms with Crippen molar-refractivity contribution in [2.75, 3.05) is 24.1 Å². The third-order valence-corrected chi connectivity index (χ3v) is 4.91. The molecule has 1 saturated heterocycles. The number of nitrogens with two attached hydrogens (primary N) is 1.